The van der Waals surface area contributed by atoms with E-state index in [-0.39, 0.29) is 16.3 Å². The van der Waals surface area contributed by atoms with E-state index < -0.39 is 15.0 Å². The first kappa shape index (κ1) is 17.9. The van der Waals surface area contributed by atoms with Crippen LogP contribution in [0.4, 0.5) is 5.69 Å². The average Bonchev–Trinajstić information content (AvgIpc) is 2.51. The molecule has 0 saturated carbocycles. The van der Waals surface area contributed by atoms with E-state index in [0.29, 0.717) is 11.1 Å². The zero-order valence-corrected chi connectivity index (χ0v) is 15.0. The Kier molecular flexibility index (Phi) is 4.66. The van der Waals surface area contributed by atoms with Crippen LogP contribution >= 0.6 is 0 Å². The molecule has 0 saturated heterocycles. The summed E-state index contributed by atoms with van der Waals surface area (Å²) in [7, 11) is -4.04. The highest BCUT2D eigenvalue weighted by Crippen LogP contribution is 2.31. The summed E-state index contributed by atoms with van der Waals surface area (Å²) in [4.78, 5) is 10.3. The van der Waals surface area contributed by atoms with Crippen LogP contribution in [0.5, 0.6) is 5.75 Å². The minimum atomic E-state index is -4.04. The largest absolute Gasteiger partial charge is 0.379 e. The second kappa shape index (κ2) is 6.24. The van der Waals surface area contributed by atoms with Crippen molar-refractivity contribution >= 4 is 15.8 Å². The fraction of sp³-hybridized carbons (Fsp3) is 0.294. The lowest BCUT2D eigenvalue weighted by molar-refractivity contribution is -0.384. The molecule has 0 spiro atoms. The van der Waals surface area contributed by atoms with Crippen LogP contribution in [0.1, 0.15) is 27.8 Å². The van der Waals surface area contributed by atoms with E-state index in [9.17, 15) is 18.5 Å². The van der Waals surface area contributed by atoms with Gasteiger partial charge in [0.1, 0.15) is 10.6 Å². The van der Waals surface area contributed by atoms with Crippen molar-refractivity contribution in [2.45, 2.75) is 39.5 Å². The van der Waals surface area contributed by atoms with Crippen molar-refractivity contribution in [3.63, 3.8) is 0 Å². The van der Waals surface area contributed by atoms with Gasteiger partial charge in [0.05, 0.1) is 4.92 Å². The van der Waals surface area contributed by atoms with Gasteiger partial charge in [0, 0.05) is 12.1 Å². The lowest BCUT2D eigenvalue weighted by Gasteiger charge is -2.18. The van der Waals surface area contributed by atoms with Gasteiger partial charge in [-0.1, -0.05) is 0 Å². The van der Waals surface area contributed by atoms with E-state index >= 15 is 0 Å². The Morgan fingerprint density at radius 2 is 1.25 bits per heavy atom. The molecule has 0 bridgehead atoms. The minimum Gasteiger partial charge on any atom is -0.379 e. The quantitative estimate of drug-likeness (QED) is 0.474. The zero-order chi connectivity index (χ0) is 18.2. The average molecular weight is 349 g/mol. The molecule has 2 aromatic rings. The van der Waals surface area contributed by atoms with Crippen LogP contribution in [0.25, 0.3) is 0 Å². The predicted octanol–water partition coefficient (Wildman–Crippen LogP) is 3.90. The molecule has 7 heteroatoms. The Morgan fingerprint density at radius 1 is 0.833 bits per heavy atom. The summed E-state index contributed by atoms with van der Waals surface area (Å²) < 4.78 is 30.6. The van der Waals surface area contributed by atoms with E-state index in [1.807, 2.05) is 20.8 Å². The molecule has 2 rings (SSSR count). The lowest BCUT2D eigenvalue weighted by Crippen LogP contribution is -2.15. The highest BCUT2D eigenvalue weighted by atomic mass is 32.2. The Labute approximate surface area is 141 Å². The highest BCUT2D eigenvalue weighted by molar-refractivity contribution is 7.87. The number of nitro benzene ring substituents is 1. The van der Waals surface area contributed by atoms with Crippen LogP contribution in [0, 0.1) is 44.7 Å². The van der Waals surface area contributed by atoms with Gasteiger partial charge in [-0.05, 0) is 74.6 Å². The highest BCUT2D eigenvalue weighted by Gasteiger charge is 2.25. The van der Waals surface area contributed by atoms with Crippen molar-refractivity contribution in [1.82, 2.24) is 0 Å². The first-order valence-corrected chi connectivity index (χ1v) is 8.73. The van der Waals surface area contributed by atoms with Gasteiger partial charge < -0.3 is 4.18 Å². The molecule has 128 valence electrons. The van der Waals surface area contributed by atoms with E-state index in [0.717, 1.165) is 16.7 Å². The van der Waals surface area contributed by atoms with Gasteiger partial charge in [0.25, 0.3) is 5.69 Å². The summed E-state index contributed by atoms with van der Waals surface area (Å²) in [6.45, 7) is 9.21. The second-order valence-corrected chi connectivity index (χ2v) is 7.23. The van der Waals surface area contributed by atoms with Gasteiger partial charge in [-0.25, -0.2) is 0 Å². The first-order valence-electron chi connectivity index (χ1n) is 7.32. The van der Waals surface area contributed by atoms with Gasteiger partial charge in [-0.15, -0.1) is 0 Å². The predicted molar refractivity (Wildman–Crippen MR) is 91.0 cm³/mol. The molecule has 0 heterocycles. The maximum atomic E-state index is 12.7. The normalized spacial score (nSPS) is 11.4. The molecule has 0 radical (unpaired) electrons. The summed E-state index contributed by atoms with van der Waals surface area (Å²) in [5.41, 5.74) is 4.04. The Hall–Kier alpha value is -2.41. The standard InChI is InChI=1S/C17H19NO5S/c1-10-11(2)13(4)17(14(5)12(10)3)24(21,22)23-16-8-6-15(7-9-16)18(19)20/h6-9H,1-5H3. The number of nitrogens with zero attached hydrogens (tertiary/aromatic N) is 1. The molecule has 0 aliphatic rings. The van der Waals surface area contributed by atoms with Gasteiger partial charge in [0.2, 0.25) is 0 Å². The first-order chi connectivity index (χ1) is 11.1. The molecular formula is C17H19NO5S. The number of nitro groups is 1. The molecule has 0 aliphatic carbocycles. The van der Waals surface area contributed by atoms with E-state index in [1.54, 1.807) is 13.8 Å². The third kappa shape index (κ3) is 3.12. The number of benzene rings is 2. The molecule has 0 aromatic heterocycles. The number of non-ortho nitro benzene ring substituents is 1. The molecule has 0 unspecified atom stereocenters. The van der Waals surface area contributed by atoms with Crippen molar-refractivity contribution in [3.8, 4) is 5.75 Å². The SMILES string of the molecule is Cc1c(C)c(C)c(S(=O)(=O)Oc2ccc([N+](=O)[O-])cc2)c(C)c1C. The molecule has 0 amide bonds. The third-order valence-electron chi connectivity index (χ3n) is 4.43. The molecule has 0 atom stereocenters. The van der Waals surface area contributed by atoms with Crippen LogP contribution in [0.3, 0.4) is 0 Å². The van der Waals surface area contributed by atoms with Crippen LogP contribution in [0.15, 0.2) is 29.2 Å². The summed E-state index contributed by atoms with van der Waals surface area (Å²) in [6, 6.07) is 4.95. The van der Waals surface area contributed by atoms with E-state index in [2.05, 4.69) is 0 Å². The summed E-state index contributed by atoms with van der Waals surface area (Å²) in [5, 5.41) is 10.7. The molecule has 0 fully saturated rings. The van der Waals surface area contributed by atoms with Gasteiger partial charge in [-0.2, -0.15) is 8.42 Å². The van der Waals surface area contributed by atoms with Crippen LogP contribution in [0.2, 0.25) is 0 Å². The Bertz CT molecular complexity index is 886. The second-order valence-electron chi connectivity index (χ2n) is 5.74. The number of hydrogen-bond donors (Lipinski definition) is 0. The molecule has 24 heavy (non-hydrogen) atoms. The van der Waals surface area contributed by atoms with Gasteiger partial charge in [-0.3, -0.25) is 10.1 Å². The third-order valence-corrected chi connectivity index (χ3v) is 5.96. The topological polar surface area (TPSA) is 86.5 Å². The van der Waals surface area contributed by atoms with Crippen molar-refractivity contribution in [2.75, 3.05) is 0 Å². The van der Waals surface area contributed by atoms with E-state index in [1.165, 1.54) is 24.3 Å². The van der Waals surface area contributed by atoms with Crippen LogP contribution in [-0.4, -0.2) is 13.3 Å². The molecule has 6 nitrogen and oxygen atoms in total. The maximum absolute atomic E-state index is 12.7. The van der Waals surface area contributed by atoms with E-state index in [4.69, 9.17) is 4.18 Å². The summed E-state index contributed by atoms with van der Waals surface area (Å²) >= 11 is 0. The maximum Gasteiger partial charge on any atom is 0.339 e. The number of hydrogen-bond acceptors (Lipinski definition) is 5. The molecule has 2 aromatic carbocycles. The molecular weight excluding hydrogens is 330 g/mol. The van der Waals surface area contributed by atoms with Gasteiger partial charge >= 0.3 is 10.1 Å². The minimum absolute atomic E-state index is 0.0373. The Balaban J connectivity index is 2.50. The fourth-order valence-electron chi connectivity index (χ4n) is 2.63. The van der Waals surface area contributed by atoms with Crippen LogP contribution in [-0.2, 0) is 10.1 Å². The Morgan fingerprint density at radius 3 is 1.67 bits per heavy atom. The lowest BCUT2D eigenvalue weighted by atomic mass is 9.95. The molecule has 0 N–H and O–H groups in total. The van der Waals surface area contributed by atoms with Crippen molar-refractivity contribution < 1.29 is 17.5 Å². The van der Waals surface area contributed by atoms with Crippen LogP contribution < -0.4 is 4.18 Å². The number of rotatable bonds is 4. The summed E-state index contributed by atoms with van der Waals surface area (Å²) in [6.07, 6.45) is 0. The molecule has 0 aliphatic heterocycles. The smallest absolute Gasteiger partial charge is 0.339 e. The van der Waals surface area contributed by atoms with Crippen molar-refractivity contribution in [3.05, 3.63) is 62.2 Å². The monoisotopic (exact) mass is 349 g/mol. The fourth-order valence-corrected chi connectivity index (χ4v) is 4.14. The summed E-state index contributed by atoms with van der Waals surface area (Å²) in [5.74, 6) is 0.0373. The van der Waals surface area contributed by atoms with Gasteiger partial charge in [0.15, 0.2) is 0 Å². The van der Waals surface area contributed by atoms with Crippen molar-refractivity contribution in [2.24, 2.45) is 0 Å². The van der Waals surface area contributed by atoms with Crippen molar-refractivity contribution in [1.29, 1.82) is 0 Å². The zero-order valence-electron chi connectivity index (χ0n) is 14.2.